The Morgan fingerprint density at radius 1 is 1.71 bits per heavy atom. The number of hydrogen-bond acceptors (Lipinski definition) is 4. The minimum Gasteiger partial charge on any atom is -0.409 e. The van der Waals surface area contributed by atoms with Gasteiger partial charge < -0.3 is 21.0 Å². The molecule has 1 aliphatic rings. The normalized spacial score (nSPS) is 26.8. The lowest BCUT2D eigenvalue weighted by molar-refractivity contribution is -0.127. The van der Waals surface area contributed by atoms with Gasteiger partial charge in [0, 0.05) is 19.1 Å². The molecule has 17 heavy (non-hydrogen) atoms. The fourth-order valence-electron chi connectivity index (χ4n) is 2.11. The molecule has 1 aliphatic heterocycles. The highest BCUT2D eigenvalue weighted by molar-refractivity contribution is 5.83. The second kappa shape index (κ2) is 6.44. The maximum absolute atomic E-state index is 12.0. The molecule has 98 valence electrons. The van der Waals surface area contributed by atoms with Crippen molar-refractivity contribution in [2.45, 2.75) is 45.3 Å². The van der Waals surface area contributed by atoms with E-state index < -0.39 is 0 Å². The van der Waals surface area contributed by atoms with Gasteiger partial charge >= 0.3 is 0 Å². The molecule has 6 heteroatoms. The van der Waals surface area contributed by atoms with Gasteiger partial charge in [-0.3, -0.25) is 4.79 Å². The molecule has 3 atom stereocenters. The van der Waals surface area contributed by atoms with Crippen molar-refractivity contribution in [2.75, 3.05) is 6.61 Å². The third-order valence-corrected chi connectivity index (χ3v) is 2.98. The van der Waals surface area contributed by atoms with E-state index in [1.807, 2.05) is 13.8 Å². The molecule has 0 spiro atoms. The molecule has 0 aromatic rings. The summed E-state index contributed by atoms with van der Waals surface area (Å²) in [4.78, 5) is 12.0. The largest absolute Gasteiger partial charge is 0.409 e. The first kappa shape index (κ1) is 13.8. The average Bonchev–Trinajstić information content (AvgIpc) is 2.76. The summed E-state index contributed by atoms with van der Waals surface area (Å²) in [6, 6.07) is -0.142. The predicted octanol–water partition coefficient (Wildman–Crippen LogP) is 0.443. The van der Waals surface area contributed by atoms with E-state index in [9.17, 15) is 4.79 Å². The van der Waals surface area contributed by atoms with Crippen LogP contribution in [-0.2, 0) is 9.53 Å². The zero-order valence-corrected chi connectivity index (χ0v) is 10.3. The molecule has 1 rings (SSSR count). The fraction of sp³-hybridized carbons (Fsp3) is 0.818. The molecule has 0 bridgehead atoms. The Balaban J connectivity index is 2.43. The summed E-state index contributed by atoms with van der Waals surface area (Å²) in [5.74, 6) is 0.0369. The lowest BCUT2D eigenvalue weighted by Gasteiger charge is -2.19. The Labute approximate surface area is 101 Å². The molecule has 0 saturated carbocycles. The lowest BCUT2D eigenvalue weighted by atomic mass is 9.98. The van der Waals surface area contributed by atoms with Gasteiger partial charge in [0.2, 0.25) is 5.91 Å². The highest BCUT2D eigenvalue weighted by Crippen LogP contribution is 2.23. The molecular formula is C11H21N3O3. The number of carbonyl (C=O) groups is 1. The van der Waals surface area contributed by atoms with Crippen molar-refractivity contribution >= 4 is 11.7 Å². The van der Waals surface area contributed by atoms with Crippen LogP contribution >= 0.6 is 0 Å². The minimum absolute atomic E-state index is 0.00686. The van der Waals surface area contributed by atoms with Crippen molar-refractivity contribution in [3.05, 3.63) is 0 Å². The molecule has 3 unspecified atom stereocenters. The summed E-state index contributed by atoms with van der Waals surface area (Å²) in [6.07, 6.45) is 1.96. The van der Waals surface area contributed by atoms with E-state index in [4.69, 9.17) is 15.7 Å². The smallest absolute Gasteiger partial charge is 0.226 e. The van der Waals surface area contributed by atoms with Crippen molar-refractivity contribution in [3.63, 3.8) is 0 Å². The van der Waals surface area contributed by atoms with Gasteiger partial charge in [-0.25, -0.2) is 0 Å². The van der Waals surface area contributed by atoms with Gasteiger partial charge in [-0.1, -0.05) is 12.1 Å². The molecule has 1 heterocycles. The fourth-order valence-corrected chi connectivity index (χ4v) is 2.11. The van der Waals surface area contributed by atoms with E-state index in [0.29, 0.717) is 13.0 Å². The maximum atomic E-state index is 12.0. The molecule has 4 N–H and O–H groups in total. The first-order valence-corrected chi connectivity index (χ1v) is 5.96. The number of carbonyl (C=O) groups excluding carboxylic acids is 1. The molecule has 1 amide bonds. The van der Waals surface area contributed by atoms with E-state index in [1.165, 1.54) is 0 Å². The highest BCUT2D eigenvalue weighted by atomic mass is 16.5. The van der Waals surface area contributed by atoms with Crippen LogP contribution in [0, 0.1) is 5.92 Å². The summed E-state index contributed by atoms with van der Waals surface area (Å²) in [5, 5.41) is 14.2. The second-order valence-corrected chi connectivity index (χ2v) is 4.42. The highest BCUT2D eigenvalue weighted by Gasteiger charge is 2.33. The van der Waals surface area contributed by atoms with Crippen molar-refractivity contribution in [1.82, 2.24) is 5.32 Å². The van der Waals surface area contributed by atoms with Crippen LogP contribution < -0.4 is 11.1 Å². The number of hydrogen-bond donors (Lipinski definition) is 3. The number of nitrogens with zero attached hydrogens (tertiary/aromatic N) is 1. The van der Waals surface area contributed by atoms with Gasteiger partial charge in [0.15, 0.2) is 0 Å². The summed E-state index contributed by atoms with van der Waals surface area (Å²) >= 11 is 0. The molecule has 0 aliphatic carbocycles. The number of nitrogens with one attached hydrogen (secondary N) is 1. The quantitative estimate of drug-likeness (QED) is 0.282. The van der Waals surface area contributed by atoms with Crippen molar-refractivity contribution in [2.24, 2.45) is 16.8 Å². The minimum atomic E-state index is -0.142. The van der Waals surface area contributed by atoms with E-state index in [0.717, 1.165) is 12.8 Å². The Bertz CT molecular complexity index is 294. The topological polar surface area (TPSA) is 96.9 Å². The zero-order chi connectivity index (χ0) is 12.8. The third kappa shape index (κ3) is 3.89. The van der Waals surface area contributed by atoms with E-state index in [-0.39, 0.29) is 29.8 Å². The van der Waals surface area contributed by atoms with E-state index in [2.05, 4.69) is 10.5 Å². The maximum Gasteiger partial charge on any atom is 0.226 e. The Kier molecular flexibility index (Phi) is 5.21. The first-order chi connectivity index (χ1) is 8.08. The molecule has 1 fully saturated rings. The van der Waals surface area contributed by atoms with Gasteiger partial charge in [-0.15, -0.1) is 0 Å². The number of rotatable bonds is 5. The van der Waals surface area contributed by atoms with Crippen LogP contribution in [0.3, 0.4) is 0 Å². The summed E-state index contributed by atoms with van der Waals surface area (Å²) in [7, 11) is 0. The Hall–Kier alpha value is -1.30. The summed E-state index contributed by atoms with van der Waals surface area (Å²) in [6.45, 7) is 4.48. The zero-order valence-electron chi connectivity index (χ0n) is 10.3. The summed E-state index contributed by atoms with van der Waals surface area (Å²) < 4.78 is 5.47. The third-order valence-electron chi connectivity index (χ3n) is 2.98. The van der Waals surface area contributed by atoms with Crippen LogP contribution in [-0.4, -0.2) is 35.7 Å². The number of ether oxygens (including phenoxy) is 1. The van der Waals surface area contributed by atoms with Gasteiger partial charge in [0.1, 0.15) is 5.84 Å². The number of amides is 1. The van der Waals surface area contributed by atoms with Crippen LogP contribution in [0.25, 0.3) is 0 Å². The second-order valence-electron chi connectivity index (χ2n) is 4.42. The van der Waals surface area contributed by atoms with Crippen LogP contribution in [0.1, 0.15) is 33.1 Å². The lowest BCUT2D eigenvalue weighted by Crippen LogP contribution is -2.41. The van der Waals surface area contributed by atoms with Crippen LogP contribution in [0.4, 0.5) is 0 Å². The van der Waals surface area contributed by atoms with Crippen molar-refractivity contribution in [1.29, 1.82) is 0 Å². The number of nitrogens with two attached hydrogens (primary N) is 1. The molecule has 1 saturated heterocycles. The monoisotopic (exact) mass is 243 g/mol. The van der Waals surface area contributed by atoms with Crippen LogP contribution in [0.2, 0.25) is 0 Å². The van der Waals surface area contributed by atoms with Gasteiger partial charge in [-0.05, 0) is 19.8 Å². The Morgan fingerprint density at radius 2 is 2.41 bits per heavy atom. The molecule has 0 aromatic carbocycles. The summed E-state index contributed by atoms with van der Waals surface area (Å²) in [5.41, 5.74) is 5.38. The average molecular weight is 243 g/mol. The molecular weight excluding hydrogens is 222 g/mol. The molecule has 0 radical (unpaired) electrons. The van der Waals surface area contributed by atoms with Gasteiger partial charge in [0.05, 0.1) is 12.0 Å². The first-order valence-electron chi connectivity index (χ1n) is 5.96. The SMILES string of the molecule is CCC1OCCC1C(=O)NC(C)CC(N)=NO. The molecule has 0 aromatic heterocycles. The standard InChI is InChI=1S/C11H21N3O3/c1-3-9-8(4-5-17-9)11(15)13-7(2)6-10(12)14-16/h7-9,16H,3-6H2,1-2H3,(H2,12,14)(H,13,15). The van der Waals surface area contributed by atoms with E-state index >= 15 is 0 Å². The number of amidine groups is 1. The van der Waals surface area contributed by atoms with Crippen LogP contribution in [0.5, 0.6) is 0 Å². The van der Waals surface area contributed by atoms with Gasteiger partial charge in [0.25, 0.3) is 0 Å². The van der Waals surface area contributed by atoms with Crippen LogP contribution in [0.15, 0.2) is 5.16 Å². The number of oxime groups is 1. The predicted molar refractivity (Wildman–Crippen MR) is 63.8 cm³/mol. The molecule has 6 nitrogen and oxygen atoms in total. The van der Waals surface area contributed by atoms with E-state index in [1.54, 1.807) is 0 Å². The van der Waals surface area contributed by atoms with Gasteiger partial charge in [-0.2, -0.15) is 0 Å². The van der Waals surface area contributed by atoms with Crippen molar-refractivity contribution in [3.8, 4) is 0 Å². The Morgan fingerprint density at radius 3 is 3.00 bits per heavy atom. The van der Waals surface area contributed by atoms with Crippen molar-refractivity contribution < 1.29 is 14.7 Å².